The Kier molecular flexibility index (Phi) is 4.06. The van der Waals surface area contributed by atoms with Crippen LogP contribution < -0.4 is 10.6 Å². The molecule has 0 aliphatic carbocycles. The fourth-order valence-electron chi connectivity index (χ4n) is 2.72. The molecule has 1 aliphatic rings. The first-order valence-corrected chi connectivity index (χ1v) is 6.75. The molecule has 0 fully saturated rings. The van der Waals surface area contributed by atoms with Crippen LogP contribution in [-0.2, 0) is 6.42 Å². The van der Waals surface area contributed by atoms with Gasteiger partial charge in [0.25, 0.3) is 0 Å². The minimum Gasteiger partial charge on any atom is -0.371 e. The van der Waals surface area contributed by atoms with Gasteiger partial charge in [0.05, 0.1) is 0 Å². The zero-order valence-corrected chi connectivity index (χ0v) is 11.0. The smallest absolute Gasteiger partial charge is 0.0398 e. The van der Waals surface area contributed by atoms with Gasteiger partial charge in [0.1, 0.15) is 0 Å². The van der Waals surface area contributed by atoms with Crippen molar-refractivity contribution in [3.05, 3.63) is 29.8 Å². The van der Waals surface area contributed by atoms with Crippen molar-refractivity contribution in [1.82, 2.24) is 0 Å². The average molecular weight is 232 g/mol. The Labute approximate surface area is 105 Å². The minimum absolute atomic E-state index is 0.326. The summed E-state index contributed by atoms with van der Waals surface area (Å²) in [6, 6.07) is 9.15. The number of para-hydroxylation sites is 1. The molecule has 2 unspecified atom stereocenters. The minimum atomic E-state index is 0.326. The summed E-state index contributed by atoms with van der Waals surface area (Å²) in [5, 5.41) is 0. The normalized spacial score (nSPS) is 21.1. The van der Waals surface area contributed by atoms with Gasteiger partial charge in [-0.2, -0.15) is 0 Å². The molecule has 0 aromatic heterocycles. The third-order valence-corrected chi connectivity index (χ3v) is 3.52. The number of nitrogens with two attached hydrogens (primary N) is 1. The molecule has 0 bridgehead atoms. The molecule has 0 saturated carbocycles. The molecule has 2 rings (SSSR count). The molecule has 0 amide bonds. The standard InChI is InChI=1S/C15H24N2/c1-12-10-14-7-3-4-8-15(14)17(11-12)9-5-6-13(2)16/h3-4,7-8,12-13H,5-6,9-11,16H2,1-2H3. The molecule has 0 saturated heterocycles. The van der Waals surface area contributed by atoms with E-state index in [0.29, 0.717) is 6.04 Å². The molecule has 2 atom stereocenters. The summed E-state index contributed by atoms with van der Waals surface area (Å²) in [7, 11) is 0. The summed E-state index contributed by atoms with van der Waals surface area (Å²) in [5.41, 5.74) is 8.76. The SMILES string of the molecule is CC(N)CCCN1CC(C)Cc2ccccc21. The zero-order chi connectivity index (χ0) is 12.3. The first-order chi connectivity index (χ1) is 8.16. The van der Waals surface area contributed by atoms with E-state index >= 15 is 0 Å². The van der Waals surface area contributed by atoms with Crippen LogP contribution in [0.2, 0.25) is 0 Å². The van der Waals surface area contributed by atoms with Crippen molar-refractivity contribution in [2.75, 3.05) is 18.0 Å². The van der Waals surface area contributed by atoms with E-state index in [1.54, 1.807) is 0 Å². The lowest BCUT2D eigenvalue weighted by Gasteiger charge is -2.35. The highest BCUT2D eigenvalue weighted by Gasteiger charge is 2.20. The van der Waals surface area contributed by atoms with Gasteiger partial charge in [0.2, 0.25) is 0 Å². The molecular formula is C15H24N2. The first kappa shape index (κ1) is 12.4. The summed E-state index contributed by atoms with van der Waals surface area (Å²) >= 11 is 0. The Morgan fingerprint density at radius 3 is 2.94 bits per heavy atom. The van der Waals surface area contributed by atoms with Crippen molar-refractivity contribution in [2.45, 2.75) is 39.2 Å². The van der Waals surface area contributed by atoms with E-state index in [4.69, 9.17) is 5.73 Å². The maximum atomic E-state index is 5.81. The van der Waals surface area contributed by atoms with Crippen LogP contribution in [0.1, 0.15) is 32.3 Å². The number of benzene rings is 1. The lowest BCUT2D eigenvalue weighted by molar-refractivity contribution is 0.515. The van der Waals surface area contributed by atoms with Crippen molar-refractivity contribution in [3.63, 3.8) is 0 Å². The van der Waals surface area contributed by atoms with Crippen LogP contribution >= 0.6 is 0 Å². The van der Waals surface area contributed by atoms with Gasteiger partial charge in [-0.15, -0.1) is 0 Å². The molecule has 2 N–H and O–H groups in total. The highest BCUT2D eigenvalue weighted by atomic mass is 15.1. The molecular weight excluding hydrogens is 208 g/mol. The third-order valence-electron chi connectivity index (χ3n) is 3.52. The van der Waals surface area contributed by atoms with Crippen molar-refractivity contribution >= 4 is 5.69 Å². The number of anilines is 1. The second kappa shape index (κ2) is 5.54. The number of nitrogens with zero attached hydrogens (tertiary/aromatic N) is 1. The number of hydrogen-bond donors (Lipinski definition) is 1. The van der Waals surface area contributed by atoms with E-state index in [0.717, 1.165) is 18.9 Å². The molecule has 2 heteroatoms. The summed E-state index contributed by atoms with van der Waals surface area (Å²) in [5.74, 6) is 0.764. The van der Waals surface area contributed by atoms with Gasteiger partial charge in [-0.25, -0.2) is 0 Å². The predicted molar refractivity (Wildman–Crippen MR) is 74.4 cm³/mol. The molecule has 1 heterocycles. The summed E-state index contributed by atoms with van der Waals surface area (Å²) in [6.07, 6.45) is 3.53. The Morgan fingerprint density at radius 1 is 1.41 bits per heavy atom. The predicted octanol–water partition coefficient (Wildman–Crippen LogP) is 2.81. The van der Waals surface area contributed by atoms with Crippen LogP contribution in [-0.4, -0.2) is 19.1 Å². The van der Waals surface area contributed by atoms with E-state index < -0.39 is 0 Å². The summed E-state index contributed by atoms with van der Waals surface area (Å²) < 4.78 is 0. The van der Waals surface area contributed by atoms with Gasteiger partial charge < -0.3 is 10.6 Å². The molecule has 2 nitrogen and oxygen atoms in total. The van der Waals surface area contributed by atoms with E-state index in [1.165, 1.54) is 30.6 Å². The number of fused-ring (bicyclic) bond motifs is 1. The van der Waals surface area contributed by atoms with Crippen molar-refractivity contribution < 1.29 is 0 Å². The Bertz CT molecular complexity index is 360. The van der Waals surface area contributed by atoms with E-state index in [2.05, 4.69) is 43.0 Å². The maximum absolute atomic E-state index is 5.81. The third kappa shape index (κ3) is 3.22. The van der Waals surface area contributed by atoms with Gasteiger partial charge in [-0.1, -0.05) is 25.1 Å². The molecule has 1 aliphatic heterocycles. The number of rotatable bonds is 4. The van der Waals surface area contributed by atoms with E-state index in [1.807, 2.05) is 0 Å². The molecule has 0 spiro atoms. The summed E-state index contributed by atoms with van der Waals surface area (Å²) in [4.78, 5) is 2.53. The zero-order valence-electron chi connectivity index (χ0n) is 11.0. The fraction of sp³-hybridized carbons (Fsp3) is 0.600. The van der Waals surface area contributed by atoms with E-state index in [9.17, 15) is 0 Å². The lowest BCUT2D eigenvalue weighted by atomic mass is 9.93. The second-order valence-electron chi connectivity index (χ2n) is 5.50. The van der Waals surface area contributed by atoms with Gasteiger partial charge >= 0.3 is 0 Å². The van der Waals surface area contributed by atoms with Crippen LogP contribution in [0.4, 0.5) is 5.69 Å². The number of hydrogen-bond acceptors (Lipinski definition) is 2. The monoisotopic (exact) mass is 232 g/mol. The Morgan fingerprint density at radius 2 is 2.18 bits per heavy atom. The van der Waals surface area contributed by atoms with Crippen molar-refractivity contribution in [3.8, 4) is 0 Å². The van der Waals surface area contributed by atoms with Crippen LogP contribution in [0.25, 0.3) is 0 Å². The second-order valence-corrected chi connectivity index (χ2v) is 5.50. The highest BCUT2D eigenvalue weighted by Crippen LogP contribution is 2.29. The van der Waals surface area contributed by atoms with Gasteiger partial charge in [0, 0.05) is 24.8 Å². The van der Waals surface area contributed by atoms with Crippen LogP contribution in [0, 0.1) is 5.92 Å². The quantitative estimate of drug-likeness (QED) is 0.865. The topological polar surface area (TPSA) is 29.3 Å². The van der Waals surface area contributed by atoms with Crippen molar-refractivity contribution in [1.29, 1.82) is 0 Å². The first-order valence-electron chi connectivity index (χ1n) is 6.75. The largest absolute Gasteiger partial charge is 0.371 e. The molecule has 0 radical (unpaired) electrons. The van der Waals surface area contributed by atoms with Gasteiger partial charge in [-0.05, 0) is 43.7 Å². The van der Waals surface area contributed by atoms with Crippen molar-refractivity contribution in [2.24, 2.45) is 11.7 Å². The average Bonchev–Trinajstić information content (AvgIpc) is 2.28. The Hall–Kier alpha value is -1.02. The van der Waals surface area contributed by atoms with Crippen LogP contribution in [0.3, 0.4) is 0 Å². The fourth-order valence-corrected chi connectivity index (χ4v) is 2.72. The molecule has 1 aromatic rings. The molecule has 1 aromatic carbocycles. The molecule has 94 valence electrons. The summed E-state index contributed by atoms with van der Waals surface area (Å²) in [6.45, 7) is 6.76. The lowest BCUT2D eigenvalue weighted by Crippen LogP contribution is -2.35. The van der Waals surface area contributed by atoms with E-state index in [-0.39, 0.29) is 0 Å². The van der Waals surface area contributed by atoms with Gasteiger partial charge in [0.15, 0.2) is 0 Å². The van der Waals surface area contributed by atoms with Crippen LogP contribution in [0.5, 0.6) is 0 Å². The maximum Gasteiger partial charge on any atom is 0.0398 e. The highest BCUT2D eigenvalue weighted by molar-refractivity contribution is 5.55. The Balaban J connectivity index is 2.02. The van der Waals surface area contributed by atoms with Crippen LogP contribution in [0.15, 0.2) is 24.3 Å². The molecule has 17 heavy (non-hydrogen) atoms. The van der Waals surface area contributed by atoms with Gasteiger partial charge in [-0.3, -0.25) is 0 Å².